The maximum atomic E-state index is 13.3. The van der Waals surface area contributed by atoms with E-state index in [-0.39, 0.29) is 24.3 Å². The van der Waals surface area contributed by atoms with Crippen molar-refractivity contribution in [1.29, 1.82) is 0 Å². The van der Waals surface area contributed by atoms with Gasteiger partial charge in [-0.25, -0.2) is 4.98 Å². The zero-order valence-corrected chi connectivity index (χ0v) is 20.4. The van der Waals surface area contributed by atoms with Crippen LogP contribution in [0.2, 0.25) is 0 Å². The maximum Gasteiger partial charge on any atom is 0.242 e. The number of likely N-dealkylation sites (tertiary alicyclic amines) is 1. The third-order valence-corrected chi connectivity index (χ3v) is 7.10. The van der Waals surface area contributed by atoms with Gasteiger partial charge in [0.15, 0.2) is 0 Å². The summed E-state index contributed by atoms with van der Waals surface area (Å²) in [6.45, 7) is 2.32. The van der Waals surface area contributed by atoms with Gasteiger partial charge in [0, 0.05) is 38.0 Å². The van der Waals surface area contributed by atoms with E-state index in [9.17, 15) is 9.59 Å². The number of anilines is 1. The summed E-state index contributed by atoms with van der Waals surface area (Å²) in [7, 11) is 3.20. The minimum atomic E-state index is -0.136. The molecule has 1 unspecified atom stereocenters. The molecule has 2 amide bonds. The highest BCUT2D eigenvalue weighted by molar-refractivity contribution is 5.98. The van der Waals surface area contributed by atoms with E-state index in [1.54, 1.807) is 19.1 Å². The third-order valence-electron chi connectivity index (χ3n) is 7.10. The lowest BCUT2D eigenvalue weighted by atomic mass is 10.1. The quantitative estimate of drug-likeness (QED) is 0.538. The van der Waals surface area contributed by atoms with Gasteiger partial charge in [-0.15, -0.1) is 0 Å². The molecule has 5 rings (SSSR count). The molecule has 8 heteroatoms. The van der Waals surface area contributed by atoms with Crippen molar-refractivity contribution in [2.24, 2.45) is 0 Å². The molecule has 2 aromatic carbocycles. The molecule has 8 nitrogen and oxygen atoms in total. The van der Waals surface area contributed by atoms with E-state index in [0.29, 0.717) is 30.2 Å². The molecule has 1 aromatic heterocycles. The maximum absolute atomic E-state index is 13.3. The Kier molecular flexibility index (Phi) is 6.61. The highest BCUT2D eigenvalue weighted by atomic mass is 16.5. The number of para-hydroxylation sites is 2. The fourth-order valence-electron chi connectivity index (χ4n) is 5.25. The summed E-state index contributed by atoms with van der Waals surface area (Å²) < 4.78 is 12.9. The molecule has 1 atom stereocenters. The Morgan fingerprint density at radius 2 is 1.80 bits per heavy atom. The second-order valence-electron chi connectivity index (χ2n) is 9.28. The number of hydrogen-bond donors (Lipinski definition) is 0. The monoisotopic (exact) mass is 476 g/mol. The first-order chi connectivity index (χ1) is 17.1. The second kappa shape index (κ2) is 9.98. The standard InChI is InChI=1S/C27H32N4O4/c1-34-20-11-12-24(35-2)23(16-20)30-17-19(15-25(30)32)27-28-21-9-5-6-10-22(21)31(27)18-26(33)29-13-7-3-4-8-14-29/h5-6,9-12,16,19H,3-4,7-8,13-15,17-18H2,1-2H3. The van der Waals surface area contributed by atoms with E-state index >= 15 is 0 Å². The Hall–Kier alpha value is -3.55. The molecule has 2 fully saturated rings. The number of benzene rings is 2. The molecule has 0 spiro atoms. The smallest absolute Gasteiger partial charge is 0.242 e. The van der Waals surface area contributed by atoms with E-state index in [4.69, 9.17) is 14.5 Å². The number of aromatic nitrogens is 2. The number of methoxy groups -OCH3 is 2. The van der Waals surface area contributed by atoms with Gasteiger partial charge in [-0.1, -0.05) is 25.0 Å². The van der Waals surface area contributed by atoms with Crippen LogP contribution in [0.15, 0.2) is 42.5 Å². The number of amides is 2. The van der Waals surface area contributed by atoms with E-state index < -0.39 is 0 Å². The number of nitrogens with zero attached hydrogens (tertiary/aromatic N) is 4. The van der Waals surface area contributed by atoms with Crippen molar-refractivity contribution in [2.45, 2.75) is 44.6 Å². The van der Waals surface area contributed by atoms with Gasteiger partial charge in [0.05, 0.1) is 30.9 Å². The van der Waals surface area contributed by atoms with Gasteiger partial charge in [-0.2, -0.15) is 0 Å². The zero-order chi connectivity index (χ0) is 24.4. The summed E-state index contributed by atoms with van der Waals surface area (Å²) >= 11 is 0. The van der Waals surface area contributed by atoms with Crippen molar-refractivity contribution in [3.05, 3.63) is 48.3 Å². The number of fused-ring (bicyclic) bond motifs is 1. The van der Waals surface area contributed by atoms with Crippen LogP contribution in [-0.2, 0) is 16.1 Å². The van der Waals surface area contributed by atoms with Crippen LogP contribution in [-0.4, -0.2) is 60.1 Å². The van der Waals surface area contributed by atoms with Gasteiger partial charge in [-0.3, -0.25) is 9.59 Å². The SMILES string of the molecule is COc1ccc(OC)c(N2CC(c3nc4ccccc4n3CC(=O)N3CCCCCC3)CC2=O)c1. The first-order valence-corrected chi connectivity index (χ1v) is 12.3. The molecule has 3 heterocycles. The average Bonchev–Trinajstić information content (AvgIpc) is 3.31. The normalized spacial score (nSPS) is 18.7. The van der Waals surface area contributed by atoms with Gasteiger partial charge in [0.1, 0.15) is 23.9 Å². The summed E-state index contributed by atoms with van der Waals surface area (Å²) in [6, 6.07) is 13.3. The molecule has 184 valence electrons. The Balaban J connectivity index is 1.46. The van der Waals surface area contributed by atoms with Crippen LogP contribution in [0.25, 0.3) is 11.0 Å². The van der Waals surface area contributed by atoms with Crippen LogP contribution in [0.3, 0.4) is 0 Å². The fourth-order valence-corrected chi connectivity index (χ4v) is 5.25. The number of rotatable bonds is 6. The molecule has 0 aliphatic carbocycles. The number of carbonyl (C=O) groups excluding carboxylic acids is 2. The summed E-state index contributed by atoms with van der Waals surface area (Å²) in [5.74, 6) is 2.04. The van der Waals surface area contributed by atoms with E-state index in [0.717, 1.165) is 42.8 Å². The Bertz CT molecular complexity index is 1230. The van der Waals surface area contributed by atoms with Gasteiger partial charge in [0.2, 0.25) is 11.8 Å². The van der Waals surface area contributed by atoms with Crippen LogP contribution in [0.4, 0.5) is 5.69 Å². The van der Waals surface area contributed by atoms with Crippen LogP contribution >= 0.6 is 0 Å². The van der Waals surface area contributed by atoms with E-state index in [1.165, 1.54) is 12.8 Å². The Labute approximate surface area is 205 Å². The van der Waals surface area contributed by atoms with Crippen molar-refractivity contribution < 1.29 is 19.1 Å². The van der Waals surface area contributed by atoms with E-state index in [1.807, 2.05) is 51.9 Å². The summed E-state index contributed by atoms with van der Waals surface area (Å²) in [5, 5.41) is 0. The first-order valence-electron chi connectivity index (χ1n) is 12.3. The predicted octanol–water partition coefficient (Wildman–Crippen LogP) is 3.98. The molecule has 3 aromatic rings. The summed E-state index contributed by atoms with van der Waals surface area (Å²) in [6.07, 6.45) is 4.78. The fraction of sp³-hybridized carbons (Fsp3) is 0.444. The lowest BCUT2D eigenvalue weighted by Gasteiger charge is -2.22. The van der Waals surface area contributed by atoms with Crippen molar-refractivity contribution in [3.8, 4) is 11.5 Å². The number of imidazole rings is 1. The van der Waals surface area contributed by atoms with E-state index in [2.05, 4.69) is 0 Å². The van der Waals surface area contributed by atoms with Crippen molar-refractivity contribution in [1.82, 2.24) is 14.5 Å². The van der Waals surface area contributed by atoms with Crippen molar-refractivity contribution in [2.75, 3.05) is 38.8 Å². The first kappa shape index (κ1) is 23.2. The molecule has 0 bridgehead atoms. The number of hydrogen-bond acceptors (Lipinski definition) is 5. The topological polar surface area (TPSA) is 76.9 Å². The minimum Gasteiger partial charge on any atom is -0.497 e. The summed E-state index contributed by atoms with van der Waals surface area (Å²) in [4.78, 5) is 35.1. The second-order valence-corrected chi connectivity index (χ2v) is 9.28. The van der Waals surface area contributed by atoms with Gasteiger partial charge >= 0.3 is 0 Å². The molecule has 0 N–H and O–H groups in total. The zero-order valence-electron chi connectivity index (χ0n) is 20.4. The molecule has 2 aliphatic rings. The average molecular weight is 477 g/mol. The van der Waals surface area contributed by atoms with Crippen molar-refractivity contribution in [3.63, 3.8) is 0 Å². The molecule has 35 heavy (non-hydrogen) atoms. The number of carbonyl (C=O) groups is 2. The van der Waals surface area contributed by atoms with Crippen LogP contribution in [0, 0.1) is 0 Å². The highest BCUT2D eigenvalue weighted by Crippen LogP contribution is 2.39. The lowest BCUT2D eigenvalue weighted by Crippen LogP contribution is -2.35. The third kappa shape index (κ3) is 4.57. The molecule has 2 aliphatic heterocycles. The van der Waals surface area contributed by atoms with Crippen LogP contribution < -0.4 is 14.4 Å². The lowest BCUT2D eigenvalue weighted by molar-refractivity contribution is -0.131. The molecular weight excluding hydrogens is 444 g/mol. The van der Waals surface area contributed by atoms with Gasteiger partial charge in [-0.05, 0) is 37.1 Å². The predicted molar refractivity (Wildman–Crippen MR) is 134 cm³/mol. The molecule has 0 saturated carbocycles. The Morgan fingerprint density at radius 3 is 2.54 bits per heavy atom. The van der Waals surface area contributed by atoms with Crippen molar-refractivity contribution >= 4 is 28.5 Å². The Morgan fingerprint density at radius 1 is 1.03 bits per heavy atom. The van der Waals surface area contributed by atoms with Gasteiger partial charge in [0.25, 0.3) is 0 Å². The largest absolute Gasteiger partial charge is 0.497 e. The van der Waals surface area contributed by atoms with Crippen LogP contribution in [0.5, 0.6) is 11.5 Å². The molecule has 2 saturated heterocycles. The van der Waals surface area contributed by atoms with Gasteiger partial charge < -0.3 is 23.8 Å². The minimum absolute atomic E-state index is 0.000922. The number of ether oxygens (including phenoxy) is 2. The molecular formula is C27H32N4O4. The molecule has 0 radical (unpaired) electrons. The highest BCUT2D eigenvalue weighted by Gasteiger charge is 2.36. The summed E-state index contributed by atoms with van der Waals surface area (Å²) in [5.41, 5.74) is 2.45. The van der Waals surface area contributed by atoms with Crippen LogP contribution in [0.1, 0.15) is 43.8 Å².